The monoisotopic (exact) mass is 342 g/mol. The first-order valence-electron chi connectivity index (χ1n) is 8.12. The normalized spacial score (nSPS) is 13.8. The maximum absolute atomic E-state index is 11.4. The summed E-state index contributed by atoms with van der Waals surface area (Å²) in [6.07, 6.45) is 5.55. The molecule has 23 heavy (non-hydrogen) atoms. The Morgan fingerprint density at radius 1 is 1.13 bits per heavy atom. The quantitative estimate of drug-likeness (QED) is 0.642. The summed E-state index contributed by atoms with van der Waals surface area (Å²) in [5.41, 5.74) is -0.0441. The summed E-state index contributed by atoms with van der Waals surface area (Å²) in [6, 6.07) is 6.59. The molecule has 5 heteroatoms. The fourth-order valence-electron chi connectivity index (χ4n) is 2.28. The predicted octanol–water partition coefficient (Wildman–Crippen LogP) is 4.09. The van der Waals surface area contributed by atoms with Crippen molar-refractivity contribution < 1.29 is 17.9 Å². The smallest absolute Gasteiger partial charge is 0.175 e. The molecule has 0 aliphatic rings. The minimum Gasteiger partial charge on any atom is -0.494 e. The molecule has 4 nitrogen and oxygen atoms in total. The molecule has 1 atom stereocenters. The number of hydrogen-bond donors (Lipinski definition) is 0. The summed E-state index contributed by atoms with van der Waals surface area (Å²) in [5.74, 6) is 1.31. The molecule has 0 spiro atoms. The van der Waals surface area contributed by atoms with Crippen LogP contribution in [-0.4, -0.2) is 34.0 Å². The van der Waals surface area contributed by atoms with E-state index in [0.29, 0.717) is 23.2 Å². The van der Waals surface area contributed by atoms with Gasteiger partial charge in [-0.25, -0.2) is 8.42 Å². The van der Waals surface area contributed by atoms with Gasteiger partial charge in [0.15, 0.2) is 9.84 Å². The van der Waals surface area contributed by atoms with Crippen LogP contribution in [-0.2, 0) is 14.6 Å². The molecule has 1 unspecified atom stereocenters. The standard InChI is InChI=1S/C18H30O4S/c1-15(7-6-13-18(2,3)21-4)12-14-22-16-8-10-17(11-9-16)23(5,19)20/h8-11,15H,6-7,12-14H2,1-5H3. The van der Waals surface area contributed by atoms with E-state index in [1.807, 2.05) is 0 Å². The molecule has 0 aliphatic carbocycles. The number of benzene rings is 1. The lowest BCUT2D eigenvalue weighted by atomic mass is 9.95. The molecule has 0 amide bonds. The van der Waals surface area contributed by atoms with E-state index in [4.69, 9.17) is 9.47 Å². The van der Waals surface area contributed by atoms with E-state index in [0.717, 1.165) is 25.7 Å². The largest absolute Gasteiger partial charge is 0.494 e. The lowest BCUT2D eigenvalue weighted by Crippen LogP contribution is -2.22. The highest BCUT2D eigenvalue weighted by molar-refractivity contribution is 7.90. The van der Waals surface area contributed by atoms with Gasteiger partial charge in [-0.3, -0.25) is 0 Å². The van der Waals surface area contributed by atoms with Crippen molar-refractivity contribution in [3.63, 3.8) is 0 Å². The first kappa shape index (κ1) is 20.0. The summed E-state index contributed by atoms with van der Waals surface area (Å²) in [4.78, 5) is 0.318. The Morgan fingerprint density at radius 3 is 2.26 bits per heavy atom. The van der Waals surface area contributed by atoms with Crippen LogP contribution in [0.4, 0.5) is 0 Å². The summed E-state index contributed by atoms with van der Waals surface area (Å²) in [5, 5.41) is 0. The first-order valence-corrected chi connectivity index (χ1v) is 10.0. The van der Waals surface area contributed by atoms with Gasteiger partial charge < -0.3 is 9.47 Å². The lowest BCUT2D eigenvalue weighted by molar-refractivity contribution is 0.0126. The number of rotatable bonds is 10. The molecular formula is C18H30O4S. The fraction of sp³-hybridized carbons (Fsp3) is 0.667. The molecule has 0 bridgehead atoms. The third kappa shape index (κ3) is 7.84. The van der Waals surface area contributed by atoms with E-state index in [9.17, 15) is 8.42 Å². The Bertz CT molecular complexity index is 561. The molecule has 0 saturated carbocycles. The van der Waals surface area contributed by atoms with Crippen LogP contribution in [0.1, 0.15) is 46.5 Å². The Morgan fingerprint density at radius 2 is 1.74 bits per heavy atom. The SMILES string of the molecule is COC(C)(C)CCCC(C)CCOc1ccc(S(C)(=O)=O)cc1. The Hall–Kier alpha value is -1.07. The van der Waals surface area contributed by atoms with E-state index in [-0.39, 0.29) is 5.60 Å². The van der Waals surface area contributed by atoms with Crippen LogP contribution in [0.2, 0.25) is 0 Å². The van der Waals surface area contributed by atoms with E-state index < -0.39 is 9.84 Å². The minimum absolute atomic E-state index is 0.0441. The van der Waals surface area contributed by atoms with Gasteiger partial charge in [-0.1, -0.05) is 19.8 Å². The van der Waals surface area contributed by atoms with Crippen LogP contribution in [0, 0.1) is 5.92 Å². The van der Waals surface area contributed by atoms with Crippen molar-refractivity contribution in [3.05, 3.63) is 24.3 Å². The average molecular weight is 343 g/mol. The van der Waals surface area contributed by atoms with Crippen molar-refractivity contribution >= 4 is 9.84 Å². The van der Waals surface area contributed by atoms with Crippen molar-refractivity contribution in [1.29, 1.82) is 0 Å². The minimum atomic E-state index is -3.14. The third-order valence-corrected chi connectivity index (χ3v) is 5.29. The van der Waals surface area contributed by atoms with Gasteiger partial charge in [0.05, 0.1) is 17.1 Å². The fourth-order valence-corrected chi connectivity index (χ4v) is 2.91. The van der Waals surface area contributed by atoms with Gasteiger partial charge in [-0.05, 0) is 56.9 Å². The van der Waals surface area contributed by atoms with Gasteiger partial charge in [0.25, 0.3) is 0 Å². The van der Waals surface area contributed by atoms with Gasteiger partial charge in [0.1, 0.15) is 5.75 Å². The third-order valence-electron chi connectivity index (χ3n) is 4.16. The van der Waals surface area contributed by atoms with Gasteiger partial charge in [0, 0.05) is 13.4 Å². The molecule has 1 aromatic carbocycles. The zero-order chi connectivity index (χ0) is 17.5. The Kier molecular flexibility index (Phi) is 7.55. The van der Waals surface area contributed by atoms with Gasteiger partial charge >= 0.3 is 0 Å². The molecule has 0 saturated heterocycles. The molecule has 0 N–H and O–H groups in total. The molecular weight excluding hydrogens is 312 g/mol. The van der Waals surface area contributed by atoms with Gasteiger partial charge in [0.2, 0.25) is 0 Å². The topological polar surface area (TPSA) is 52.6 Å². The van der Waals surface area contributed by atoms with Crippen LogP contribution in [0.15, 0.2) is 29.2 Å². The molecule has 0 aromatic heterocycles. The van der Waals surface area contributed by atoms with Crippen molar-refractivity contribution in [2.45, 2.75) is 57.0 Å². The highest BCUT2D eigenvalue weighted by Crippen LogP contribution is 2.21. The van der Waals surface area contributed by atoms with Crippen molar-refractivity contribution in [3.8, 4) is 5.75 Å². The lowest BCUT2D eigenvalue weighted by Gasteiger charge is -2.23. The summed E-state index contributed by atoms with van der Waals surface area (Å²) in [7, 11) is -1.39. The summed E-state index contributed by atoms with van der Waals surface area (Å²) in [6.45, 7) is 7.10. The molecule has 0 aliphatic heterocycles. The zero-order valence-corrected chi connectivity index (χ0v) is 15.8. The number of methoxy groups -OCH3 is 1. The van der Waals surface area contributed by atoms with E-state index in [2.05, 4.69) is 20.8 Å². The van der Waals surface area contributed by atoms with Crippen LogP contribution in [0.25, 0.3) is 0 Å². The van der Waals surface area contributed by atoms with E-state index in [1.54, 1.807) is 31.4 Å². The number of hydrogen-bond acceptors (Lipinski definition) is 4. The van der Waals surface area contributed by atoms with Crippen molar-refractivity contribution in [2.24, 2.45) is 5.92 Å². The second-order valence-electron chi connectivity index (χ2n) is 6.84. The van der Waals surface area contributed by atoms with Crippen LogP contribution < -0.4 is 4.74 Å². The Balaban J connectivity index is 2.28. The van der Waals surface area contributed by atoms with E-state index >= 15 is 0 Å². The Labute approximate surface area is 141 Å². The maximum Gasteiger partial charge on any atom is 0.175 e. The van der Waals surface area contributed by atoms with Crippen LogP contribution >= 0.6 is 0 Å². The van der Waals surface area contributed by atoms with Gasteiger partial charge in [-0.2, -0.15) is 0 Å². The molecule has 1 aromatic rings. The highest BCUT2D eigenvalue weighted by atomic mass is 32.2. The number of sulfone groups is 1. The van der Waals surface area contributed by atoms with E-state index in [1.165, 1.54) is 6.26 Å². The zero-order valence-electron chi connectivity index (χ0n) is 15.0. The summed E-state index contributed by atoms with van der Waals surface area (Å²) < 4.78 is 33.9. The maximum atomic E-state index is 11.4. The molecule has 0 radical (unpaired) electrons. The van der Waals surface area contributed by atoms with Crippen molar-refractivity contribution in [1.82, 2.24) is 0 Å². The molecule has 0 fully saturated rings. The average Bonchev–Trinajstić information content (AvgIpc) is 2.46. The second kappa shape index (κ2) is 8.69. The predicted molar refractivity (Wildman–Crippen MR) is 93.8 cm³/mol. The van der Waals surface area contributed by atoms with Crippen LogP contribution in [0.5, 0.6) is 5.75 Å². The summed E-state index contributed by atoms with van der Waals surface area (Å²) >= 11 is 0. The van der Waals surface area contributed by atoms with Gasteiger partial charge in [-0.15, -0.1) is 0 Å². The molecule has 132 valence electrons. The number of ether oxygens (including phenoxy) is 2. The second-order valence-corrected chi connectivity index (χ2v) is 8.86. The van der Waals surface area contributed by atoms with Crippen molar-refractivity contribution in [2.75, 3.05) is 20.0 Å². The molecule has 1 rings (SSSR count). The van der Waals surface area contributed by atoms with Crippen LogP contribution in [0.3, 0.4) is 0 Å². The first-order chi connectivity index (χ1) is 10.6. The molecule has 0 heterocycles. The highest BCUT2D eigenvalue weighted by Gasteiger charge is 2.16.